The van der Waals surface area contributed by atoms with Crippen molar-refractivity contribution in [2.75, 3.05) is 0 Å². The average Bonchev–Trinajstić information content (AvgIpc) is 2.35. The number of benzene rings is 1. The van der Waals surface area contributed by atoms with Crippen LogP contribution in [0.25, 0.3) is 0 Å². The zero-order valence-electron chi connectivity index (χ0n) is 10.8. The smallest absolute Gasteiger partial charge is 0.224 e. The zero-order valence-corrected chi connectivity index (χ0v) is 10.8. The Labute approximate surface area is 103 Å². The third-order valence-corrected chi connectivity index (χ3v) is 3.13. The molecule has 0 heterocycles. The van der Waals surface area contributed by atoms with Gasteiger partial charge in [0.15, 0.2) is 0 Å². The quantitative estimate of drug-likeness (QED) is 0.821. The number of amides is 1. The highest BCUT2D eigenvalue weighted by Crippen LogP contribution is 2.16. The molecule has 0 aromatic heterocycles. The van der Waals surface area contributed by atoms with Gasteiger partial charge in [-0.2, -0.15) is 0 Å². The highest BCUT2D eigenvalue weighted by atomic mass is 16.1. The van der Waals surface area contributed by atoms with E-state index in [2.05, 4.69) is 12.2 Å². The third-order valence-electron chi connectivity index (χ3n) is 3.13. The number of rotatable bonds is 5. The molecule has 94 valence electrons. The molecule has 0 spiro atoms. The second-order valence-electron chi connectivity index (χ2n) is 4.53. The van der Waals surface area contributed by atoms with Gasteiger partial charge in [0, 0.05) is 12.0 Å². The molecular formula is C14H22N2O. The average molecular weight is 234 g/mol. The SMILES string of the molecule is CCC(NC(=O)C(C)C(C)N)c1ccccc1. The van der Waals surface area contributed by atoms with Crippen molar-refractivity contribution in [2.24, 2.45) is 11.7 Å². The first-order valence-corrected chi connectivity index (χ1v) is 6.17. The lowest BCUT2D eigenvalue weighted by atomic mass is 10.0. The number of carbonyl (C=O) groups is 1. The van der Waals surface area contributed by atoms with Crippen LogP contribution in [0.2, 0.25) is 0 Å². The van der Waals surface area contributed by atoms with Crippen molar-refractivity contribution in [2.45, 2.75) is 39.3 Å². The second kappa shape index (κ2) is 6.40. The van der Waals surface area contributed by atoms with E-state index in [1.54, 1.807) is 0 Å². The predicted molar refractivity (Wildman–Crippen MR) is 70.4 cm³/mol. The van der Waals surface area contributed by atoms with E-state index in [4.69, 9.17) is 5.73 Å². The topological polar surface area (TPSA) is 55.1 Å². The molecule has 3 unspecified atom stereocenters. The molecule has 0 bridgehead atoms. The standard InChI is InChI=1S/C14H22N2O/c1-4-13(12-8-6-5-7-9-12)16-14(17)10(2)11(3)15/h5-11,13H,4,15H2,1-3H3,(H,16,17). The van der Waals surface area contributed by atoms with Crippen molar-refractivity contribution in [1.82, 2.24) is 5.32 Å². The summed E-state index contributed by atoms with van der Waals surface area (Å²) in [6.07, 6.45) is 0.876. The molecule has 3 heteroatoms. The fourth-order valence-electron chi connectivity index (χ4n) is 1.65. The molecule has 3 N–H and O–H groups in total. The van der Waals surface area contributed by atoms with Crippen LogP contribution in [0.5, 0.6) is 0 Å². The Kier molecular flexibility index (Phi) is 5.16. The van der Waals surface area contributed by atoms with Crippen LogP contribution in [0.4, 0.5) is 0 Å². The molecule has 1 rings (SSSR count). The van der Waals surface area contributed by atoms with E-state index in [0.717, 1.165) is 12.0 Å². The summed E-state index contributed by atoms with van der Waals surface area (Å²) < 4.78 is 0. The van der Waals surface area contributed by atoms with Crippen LogP contribution in [-0.2, 0) is 4.79 Å². The summed E-state index contributed by atoms with van der Waals surface area (Å²) >= 11 is 0. The van der Waals surface area contributed by atoms with Crippen LogP contribution in [-0.4, -0.2) is 11.9 Å². The van der Waals surface area contributed by atoms with Crippen molar-refractivity contribution in [1.29, 1.82) is 0 Å². The summed E-state index contributed by atoms with van der Waals surface area (Å²) in [5, 5.41) is 3.05. The number of nitrogens with one attached hydrogen (secondary N) is 1. The maximum Gasteiger partial charge on any atom is 0.224 e. The molecule has 17 heavy (non-hydrogen) atoms. The van der Waals surface area contributed by atoms with Gasteiger partial charge < -0.3 is 11.1 Å². The normalized spacial score (nSPS) is 16.0. The van der Waals surface area contributed by atoms with Gasteiger partial charge in [0.1, 0.15) is 0 Å². The summed E-state index contributed by atoms with van der Waals surface area (Å²) in [6, 6.07) is 9.96. The van der Waals surface area contributed by atoms with Gasteiger partial charge in [-0.25, -0.2) is 0 Å². The molecule has 0 aliphatic heterocycles. The van der Waals surface area contributed by atoms with Crippen molar-refractivity contribution in [3.8, 4) is 0 Å². The fraction of sp³-hybridized carbons (Fsp3) is 0.500. The minimum atomic E-state index is -0.159. The monoisotopic (exact) mass is 234 g/mol. The van der Waals surface area contributed by atoms with Crippen LogP contribution in [0.3, 0.4) is 0 Å². The van der Waals surface area contributed by atoms with Gasteiger partial charge in [0.05, 0.1) is 6.04 Å². The van der Waals surface area contributed by atoms with Crippen LogP contribution in [0, 0.1) is 5.92 Å². The summed E-state index contributed by atoms with van der Waals surface area (Å²) in [6.45, 7) is 5.78. The minimum Gasteiger partial charge on any atom is -0.349 e. The van der Waals surface area contributed by atoms with Gasteiger partial charge >= 0.3 is 0 Å². The van der Waals surface area contributed by atoms with Gasteiger partial charge in [0.25, 0.3) is 0 Å². The number of hydrogen-bond acceptors (Lipinski definition) is 2. The molecule has 1 amide bonds. The Hall–Kier alpha value is -1.35. The van der Waals surface area contributed by atoms with Gasteiger partial charge in [0.2, 0.25) is 5.91 Å². The molecular weight excluding hydrogens is 212 g/mol. The van der Waals surface area contributed by atoms with E-state index < -0.39 is 0 Å². The number of nitrogens with two attached hydrogens (primary N) is 1. The van der Waals surface area contributed by atoms with E-state index in [1.165, 1.54) is 0 Å². The van der Waals surface area contributed by atoms with Gasteiger partial charge in [-0.15, -0.1) is 0 Å². The molecule has 0 saturated heterocycles. The Morgan fingerprint density at radius 1 is 1.29 bits per heavy atom. The Morgan fingerprint density at radius 3 is 2.35 bits per heavy atom. The Balaban J connectivity index is 2.68. The van der Waals surface area contributed by atoms with Gasteiger partial charge in [-0.3, -0.25) is 4.79 Å². The first-order chi connectivity index (χ1) is 8.06. The molecule has 0 aliphatic rings. The summed E-state index contributed by atoms with van der Waals surface area (Å²) in [4.78, 5) is 11.9. The van der Waals surface area contributed by atoms with E-state index in [1.807, 2.05) is 44.2 Å². The van der Waals surface area contributed by atoms with E-state index in [9.17, 15) is 4.79 Å². The van der Waals surface area contributed by atoms with Crippen LogP contribution >= 0.6 is 0 Å². The molecule has 0 fully saturated rings. The van der Waals surface area contributed by atoms with Crippen molar-refractivity contribution in [3.05, 3.63) is 35.9 Å². The molecule has 1 aromatic rings. The molecule has 3 nitrogen and oxygen atoms in total. The number of hydrogen-bond donors (Lipinski definition) is 2. The molecule has 0 aliphatic carbocycles. The summed E-state index contributed by atoms with van der Waals surface area (Å²) in [7, 11) is 0. The molecule has 0 saturated carbocycles. The highest BCUT2D eigenvalue weighted by Gasteiger charge is 2.20. The summed E-state index contributed by atoms with van der Waals surface area (Å²) in [5.74, 6) is -0.136. The largest absolute Gasteiger partial charge is 0.349 e. The lowest BCUT2D eigenvalue weighted by Crippen LogP contribution is -2.40. The first-order valence-electron chi connectivity index (χ1n) is 6.17. The Morgan fingerprint density at radius 2 is 1.88 bits per heavy atom. The maximum atomic E-state index is 11.9. The molecule has 3 atom stereocenters. The zero-order chi connectivity index (χ0) is 12.8. The molecule has 1 aromatic carbocycles. The first kappa shape index (κ1) is 13.7. The third kappa shape index (κ3) is 3.86. The van der Waals surface area contributed by atoms with E-state index in [-0.39, 0.29) is 23.9 Å². The van der Waals surface area contributed by atoms with Gasteiger partial charge in [-0.05, 0) is 18.9 Å². The minimum absolute atomic E-state index is 0.0238. The van der Waals surface area contributed by atoms with Crippen molar-refractivity contribution in [3.63, 3.8) is 0 Å². The number of carbonyl (C=O) groups excluding carboxylic acids is 1. The van der Waals surface area contributed by atoms with E-state index in [0.29, 0.717) is 0 Å². The van der Waals surface area contributed by atoms with E-state index >= 15 is 0 Å². The van der Waals surface area contributed by atoms with Crippen molar-refractivity contribution >= 4 is 5.91 Å². The van der Waals surface area contributed by atoms with Crippen molar-refractivity contribution < 1.29 is 4.79 Å². The lowest BCUT2D eigenvalue weighted by molar-refractivity contribution is -0.125. The predicted octanol–water partition coefficient (Wildman–Crippen LogP) is 2.24. The molecule has 0 radical (unpaired) electrons. The van der Waals surface area contributed by atoms with Gasteiger partial charge in [-0.1, -0.05) is 44.2 Å². The Bertz CT molecular complexity index is 348. The van der Waals surface area contributed by atoms with Crippen LogP contribution in [0.1, 0.15) is 38.8 Å². The van der Waals surface area contributed by atoms with Crippen LogP contribution < -0.4 is 11.1 Å². The summed E-state index contributed by atoms with van der Waals surface area (Å²) in [5.41, 5.74) is 6.87. The highest BCUT2D eigenvalue weighted by molar-refractivity contribution is 5.79. The lowest BCUT2D eigenvalue weighted by Gasteiger charge is -2.21. The second-order valence-corrected chi connectivity index (χ2v) is 4.53. The van der Waals surface area contributed by atoms with Crippen LogP contribution in [0.15, 0.2) is 30.3 Å². The fourth-order valence-corrected chi connectivity index (χ4v) is 1.65. The maximum absolute atomic E-state index is 11.9.